The van der Waals surface area contributed by atoms with Crippen LogP contribution in [0.1, 0.15) is 32.6 Å². The second kappa shape index (κ2) is 7.05. The van der Waals surface area contributed by atoms with Crippen molar-refractivity contribution in [2.45, 2.75) is 5.54 Å². The summed E-state index contributed by atoms with van der Waals surface area (Å²) >= 11 is 0. The summed E-state index contributed by atoms with van der Waals surface area (Å²) in [4.78, 5) is 25.4. The van der Waals surface area contributed by atoms with Crippen LogP contribution in [0.25, 0.3) is 0 Å². The van der Waals surface area contributed by atoms with Crippen LogP contribution >= 0.6 is 0 Å². The maximum Gasteiger partial charge on any atom is 0.341 e. The molecule has 1 aliphatic heterocycles. The number of nitrogens with one attached hydrogen (secondary N) is 1. The summed E-state index contributed by atoms with van der Waals surface area (Å²) in [5.41, 5.74) is 1.91. The highest BCUT2D eigenvalue weighted by Gasteiger charge is 2.51. The fourth-order valence-corrected chi connectivity index (χ4v) is 3.47. The standard InChI is InChI=1S/C24H17NO3/c1-28-23(27)24(21-13-6-5-12-20(21)22(26)25-24)19-11-7-10-18(16-19)15-14-17-8-3-2-4-9-17/h2-13,16H,1H3,(H,25,26). The van der Waals surface area contributed by atoms with E-state index >= 15 is 0 Å². The van der Waals surface area contributed by atoms with Gasteiger partial charge in [0, 0.05) is 22.3 Å². The first kappa shape index (κ1) is 17.6. The Morgan fingerprint density at radius 2 is 1.57 bits per heavy atom. The molecule has 3 aromatic carbocycles. The second-order valence-electron chi connectivity index (χ2n) is 6.44. The zero-order chi connectivity index (χ0) is 19.6. The number of rotatable bonds is 2. The maximum atomic E-state index is 12.9. The highest BCUT2D eigenvalue weighted by Crippen LogP contribution is 2.38. The van der Waals surface area contributed by atoms with Gasteiger partial charge >= 0.3 is 5.97 Å². The molecule has 4 nitrogen and oxygen atoms in total. The monoisotopic (exact) mass is 367 g/mol. The van der Waals surface area contributed by atoms with Gasteiger partial charge in [0.1, 0.15) is 0 Å². The number of benzene rings is 3. The first-order chi connectivity index (χ1) is 13.6. The molecule has 0 spiro atoms. The Balaban J connectivity index is 1.84. The van der Waals surface area contributed by atoms with Crippen molar-refractivity contribution in [3.63, 3.8) is 0 Å². The smallest absolute Gasteiger partial charge is 0.341 e. The molecule has 0 aliphatic carbocycles. The van der Waals surface area contributed by atoms with Crippen LogP contribution in [-0.2, 0) is 15.1 Å². The molecular weight excluding hydrogens is 350 g/mol. The number of methoxy groups -OCH3 is 1. The van der Waals surface area contributed by atoms with Crippen LogP contribution in [0.5, 0.6) is 0 Å². The number of ether oxygens (including phenoxy) is 1. The minimum absolute atomic E-state index is 0.304. The first-order valence-corrected chi connectivity index (χ1v) is 8.83. The summed E-state index contributed by atoms with van der Waals surface area (Å²) in [6.07, 6.45) is 0. The zero-order valence-electron chi connectivity index (χ0n) is 15.2. The van der Waals surface area contributed by atoms with Crippen molar-refractivity contribution in [2.75, 3.05) is 7.11 Å². The van der Waals surface area contributed by atoms with Gasteiger partial charge in [0.05, 0.1) is 7.11 Å². The Bertz CT molecular complexity index is 1130. The Morgan fingerprint density at radius 1 is 0.893 bits per heavy atom. The number of esters is 1. The molecule has 28 heavy (non-hydrogen) atoms. The van der Waals surface area contributed by atoms with Gasteiger partial charge in [-0.1, -0.05) is 60.4 Å². The Kier molecular flexibility index (Phi) is 4.42. The molecule has 4 rings (SSSR count). The van der Waals surface area contributed by atoms with Crippen molar-refractivity contribution in [3.8, 4) is 11.8 Å². The number of hydrogen-bond acceptors (Lipinski definition) is 3. The van der Waals surface area contributed by atoms with Crippen molar-refractivity contribution in [3.05, 3.63) is 107 Å². The molecule has 0 fully saturated rings. The molecular formula is C24H17NO3. The number of carbonyl (C=O) groups excluding carboxylic acids is 2. The van der Waals surface area contributed by atoms with Crippen molar-refractivity contribution in [1.82, 2.24) is 5.32 Å². The van der Waals surface area contributed by atoms with Gasteiger partial charge in [0.15, 0.2) is 5.54 Å². The van der Waals surface area contributed by atoms with E-state index in [1.807, 2.05) is 48.5 Å². The number of carbonyl (C=O) groups is 2. The van der Waals surface area contributed by atoms with Crippen LogP contribution in [0, 0.1) is 11.8 Å². The molecule has 1 N–H and O–H groups in total. The van der Waals surface area contributed by atoms with Crippen molar-refractivity contribution in [2.24, 2.45) is 0 Å². The van der Waals surface area contributed by atoms with E-state index in [1.165, 1.54) is 7.11 Å². The molecule has 0 aromatic heterocycles. The van der Waals surface area contributed by atoms with Crippen LogP contribution in [-0.4, -0.2) is 19.0 Å². The van der Waals surface area contributed by atoms with Crippen molar-refractivity contribution in [1.29, 1.82) is 0 Å². The zero-order valence-corrected chi connectivity index (χ0v) is 15.2. The van der Waals surface area contributed by atoms with Gasteiger partial charge in [-0.3, -0.25) is 4.79 Å². The highest BCUT2D eigenvalue weighted by molar-refractivity contribution is 6.07. The quantitative estimate of drug-likeness (QED) is 0.559. The van der Waals surface area contributed by atoms with Gasteiger partial charge in [-0.2, -0.15) is 0 Å². The fraction of sp³-hybridized carbons (Fsp3) is 0.0833. The molecule has 0 bridgehead atoms. The maximum absolute atomic E-state index is 12.9. The molecule has 1 atom stereocenters. The number of fused-ring (bicyclic) bond motifs is 1. The average Bonchev–Trinajstić information content (AvgIpc) is 3.06. The number of hydrogen-bond donors (Lipinski definition) is 1. The predicted octanol–water partition coefficient (Wildman–Crippen LogP) is 3.25. The van der Waals surface area contributed by atoms with E-state index in [0.29, 0.717) is 16.7 Å². The highest BCUT2D eigenvalue weighted by atomic mass is 16.5. The van der Waals surface area contributed by atoms with E-state index < -0.39 is 11.5 Å². The molecule has 0 saturated heterocycles. The topological polar surface area (TPSA) is 55.4 Å². The van der Waals surface area contributed by atoms with E-state index in [2.05, 4.69) is 17.2 Å². The van der Waals surface area contributed by atoms with E-state index in [4.69, 9.17) is 4.74 Å². The molecule has 1 aliphatic rings. The molecule has 4 heteroatoms. The van der Waals surface area contributed by atoms with E-state index in [1.54, 1.807) is 30.3 Å². The van der Waals surface area contributed by atoms with Crippen LogP contribution in [0.4, 0.5) is 0 Å². The Labute approximate surface area is 163 Å². The van der Waals surface area contributed by atoms with E-state index in [0.717, 1.165) is 11.1 Å². The van der Waals surface area contributed by atoms with Crippen LogP contribution in [0.15, 0.2) is 78.9 Å². The van der Waals surface area contributed by atoms with Crippen molar-refractivity contribution < 1.29 is 14.3 Å². The summed E-state index contributed by atoms with van der Waals surface area (Å²) in [6, 6.07) is 24.0. The van der Waals surface area contributed by atoms with Crippen LogP contribution in [0.2, 0.25) is 0 Å². The average molecular weight is 367 g/mol. The lowest BCUT2D eigenvalue weighted by atomic mass is 9.83. The summed E-state index contributed by atoms with van der Waals surface area (Å²) in [7, 11) is 1.32. The van der Waals surface area contributed by atoms with Crippen LogP contribution < -0.4 is 5.32 Å². The van der Waals surface area contributed by atoms with Gasteiger partial charge in [0.2, 0.25) is 0 Å². The lowest BCUT2D eigenvalue weighted by molar-refractivity contribution is -0.146. The SMILES string of the molecule is COC(=O)C1(c2cccc(C#Cc3ccccc3)c2)NC(=O)c2ccccc21. The third-order valence-corrected chi connectivity index (χ3v) is 4.79. The summed E-state index contributed by atoms with van der Waals surface area (Å²) in [5.74, 6) is 5.38. The minimum Gasteiger partial charge on any atom is -0.467 e. The lowest BCUT2D eigenvalue weighted by Gasteiger charge is -2.28. The summed E-state index contributed by atoms with van der Waals surface area (Å²) in [5, 5.41) is 2.84. The molecule has 0 radical (unpaired) electrons. The molecule has 0 saturated carbocycles. The third kappa shape index (κ3) is 2.83. The number of amides is 1. The van der Waals surface area contributed by atoms with E-state index in [9.17, 15) is 9.59 Å². The Hall–Kier alpha value is -3.84. The molecule has 1 unspecified atom stereocenters. The molecule has 3 aromatic rings. The molecule has 1 heterocycles. The Morgan fingerprint density at radius 3 is 2.36 bits per heavy atom. The predicted molar refractivity (Wildman–Crippen MR) is 106 cm³/mol. The summed E-state index contributed by atoms with van der Waals surface area (Å²) < 4.78 is 5.08. The van der Waals surface area contributed by atoms with E-state index in [-0.39, 0.29) is 5.91 Å². The largest absolute Gasteiger partial charge is 0.467 e. The van der Waals surface area contributed by atoms with Crippen molar-refractivity contribution >= 4 is 11.9 Å². The molecule has 136 valence electrons. The normalized spacial score (nSPS) is 17.1. The third-order valence-electron chi connectivity index (χ3n) is 4.79. The first-order valence-electron chi connectivity index (χ1n) is 8.83. The van der Waals surface area contributed by atoms with Gasteiger partial charge in [-0.05, 0) is 35.9 Å². The fourth-order valence-electron chi connectivity index (χ4n) is 3.47. The second-order valence-corrected chi connectivity index (χ2v) is 6.44. The van der Waals surface area contributed by atoms with Gasteiger partial charge in [-0.15, -0.1) is 0 Å². The van der Waals surface area contributed by atoms with Gasteiger partial charge < -0.3 is 10.1 Å². The van der Waals surface area contributed by atoms with Crippen LogP contribution in [0.3, 0.4) is 0 Å². The summed E-state index contributed by atoms with van der Waals surface area (Å²) in [6.45, 7) is 0. The molecule has 1 amide bonds. The minimum atomic E-state index is -1.38. The van der Waals surface area contributed by atoms with Gasteiger partial charge in [0.25, 0.3) is 5.91 Å². The lowest BCUT2D eigenvalue weighted by Crippen LogP contribution is -2.48. The van der Waals surface area contributed by atoms with Gasteiger partial charge in [-0.25, -0.2) is 4.79 Å².